The maximum Gasteiger partial charge on any atom is 0.156 e. The quantitative estimate of drug-likeness (QED) is 0.504. The Morgan fingerprint density at radius 3 is 2.33 bits per heavy atom. The molecule has 0 radical (unpaired) electrons. The van der Waals surface area contributed by atoms with E-state index in [0.717, 1.165) is 22.8 Å². The Morgan fingerprint density at radius 2 is 1.62 bits per heavy atom. The summed E-state index contributed by atoms with van der Waals surface area (Å²) in [7, 11) is 0. The highest BCUT2D eigenvalue weighted by Gasteiger charge is 2.10. The highest BCUT2D eigenvalue weighted by Crippen LogP contribution is 2.26. The number of para-hydroxylation sites is 1. The van der Waals surface area contributed by atoms with Gasteiger partial charge in [-0.25, -0.2) is 9.67 Å². The van der Waals surface area contributed by atoms with Crippen LogP contribution < -0.4 is 0 Å². The average molecular weight is 313 g/mol. The lowest BCUT2D eigenvalue weighted by Crippen LogP contribution is -1.96. The van der Waals surface area contributed by atoms with Crippen molar-refractivity contribution >= 4 is 12.0 Å². The summed E-state index contributed by atoms with van der Waals surface area (Å²) < 4.78 is 7.15. The molecule has 0 aliphatic rings. The SMILES string of the molecule is C(=N\c1cc(-c2ccccc2)nn1-c1ccccc1)/c1ccco1. The van der Waals surface area contributed by atoms with Crippen molar-refractivity contribution in [3.05, 3.63) is 90.9 Å². The van der Waals surface area contributed by atoms with Gasteiger partial charge in [0.1, 0.15) is 5.76 Å². The molecule has 0 saturated heterocycles. The molecular weight excluding hydrogens is 298 g/mol. The molecule has 2 aromatic heterocycles. The molecule has 2 heterocycles. The Bertz CT molecular complexity index is 939. The summed E-state index contributed by atoms with van der Waals surface area (Å²) in [6.07, 6.45) is 3.33. The predicted octanol–water partition coefficient (Wildman–Crippen LogP) is 4.88. The molecule has 0 fully saturated rings. The van der Waals surface area contributed by atoms with Crippen molar-refractivity contribution in [2.75, 3.05) is 0 Å². The van der Waals surface area contributed by atoms with E-state index in [1.165, 1.54) is 0 Å². The van der Waals surface area contributed by atoms with E-state index >= 15 is 0 Å². The van der Waals surface area contributed by atoms with Crippen LogP contribution in [0.2, 0.25) is 0 Å². The monoisotopic (exact) mass is 313 g/mol. The molecular formula is C20H15N3O. The van der Waals surface area contributed by atoms with E-state index in [9.17, 15) is 0 Å². The lowest BCUT2D eigenvalue weighted by molar-refractivity contribution is 0.560. The first-order valence-corrected chi connectivity index (χ1v) is 7.69. The van der Waals surface area contributed by atoms with E-state index in [1.807, 2.05) is 83.5 Å². The maximum atomic E-state index is 5.31. The largest absolute Gasteiger partial charge is 0.463 e. The third-order valence-electron chi connectivity index (χ3n) is 3.63. The van der Waals surface area contributed by atoms with Gasteiger partial charge in [0, 0.05) is 11.6 Å². The van der Waals surface area contributed by atoms with E-state index in [2.05, 4.69) is 4.99 Å². The van der Waals surface area contributed by atoms with Gasteiger partial charge in [-0.15, -0.1) is 0 Å². The highest BCUT2D eigenvalue weighted by atomic mass is 16.3. The minimum Gasteiger partial charge on any atom is -0.463 e. The molecule has 0 N–H and O–H groups in total. The van der Waals surface area contributed by atoms with Gasteiger partial charge in [0.25, 0.3) is 0 Å². The standard InChI is InChI=1S/C20H15N3O/c1-3-8-16(9-4-1)19-14-20(21-15-18-12-7-13-24-18)23(22-19)17-10-5-2-6-11-17/h1-15H/b21-15+. The molecule has 0 atom stereocenters. The maximum absolute atomic E-state index is 5.31. The van der Waals surface area contributed by atoms with Crippen LogP contribution in [0.25, 0.3) is 16.9 Å². The van der Waals surface area contributed by atoms with E-state index in [0.29, 0.717) is 5.76 Å². The van der Waals surface area contributed by atoms with E-state index in [1.54, 1.807) is 12.5 Å². The molecule has 4 rings (SSSR count). The zero-order chi connectivity index (χ0) is 16.2. The number of benzene rings is 2. The average Bonchev–Trinajstić information content (AvgIpc) is 3.31. The first kappa shape index (κ1) is 14.2. The minimum absolute atomic E-state index is 0.706. The summed E-state index contributed by atoms with van der Waals surface area (Å²) in [6.45, 7) is 0. The molecule has 0 spiro atoms. The van der Waals surface area contributed by atoms with Crippen molar-refractivity contribution in [2.24, 2.45) is 4.99 Å². The number of nitrogens with zero attached hydrogens (tertiary/aromatic N) is 3. The highest BCUT2D eigenvalue weighted by molar-refractivity contribution is 5.79. The van der Waals surface area contributed by atoms with Crippen molar-refractivity contribution in [1.29, 1.82) is 0 Å². The smallest absolute Gasteiger partial charge is 0.156 e. The van der Waals surface area contributed by atoms with Crippen LogP contribution in [0.4, 0.5) is 5.82 Å². The number of furan rings is 1. The van der Waals surface area contributed by atoms with Crippen LogP contribution in [-0.2, 0) is 0 Å². The molecule has 4 aromatic rings. The Labute approximate surface area is 139 Å². The Balaban J connectivity index is 1.80. The van der Waals surface area contributed by atoms with Crippen LogP contribution in [0.15, 0.2) is 94.5 Å². The van der Waals surface area contributed by atoms with Gasteiger partial charge in [0.2, 0.25) is 0 Å². The van der Waals surface area contributed by atoms with Gasteiger partial charge in [-0.1, -0.05) is 48.5 Å². The Hall–Kier alpha value is -3.40. The van der Waals surface area contributed by atoms with Gasteiger partial charge in [-0.05, 0) is 24.3 Å². The van der Waals surface area contributed by atoms with Crippen LogP contribution in [0.3, 0.4) is 0 Å². The van der Waals surface area contributed by atoms with Gasteiger partial charge >= 0.3 is 0 Å². The second-order valence-corrected chi connectivity index (χ2v) is 5.27. The predicted molar refractivity (Wildman–Crippen MR) is 95.0 cm³/mol. The topological polar surface area (TPSA) is 43.3 Å². The van der Waals surface area contributed by atoms with E-state index in [4.69, 9.17) is 9.52 Å². The molecule has 0 aliphatic carbocycles. The normalized spacial score (nSPS) is 11.2. The molecule has 2 aromatic carbocycles. The summed E-state index contributed by atoms with van der Waals surface area (Å²) in [4.78, 5) is 4.55. The summed E-state index contributed by atoms with van der Waals surface area (Å²) in [5, 5.41) is 4.72. The second-order valence-electron chi connectivity index (χ2n) is 5.27. The van der Waals surface area contributed by atoms with Crippen molar-refractivity contribution < 1.29 is 4.42 Å². The molecule has 0 unspecified atom stereocenters. The minimum atomic E-state index is 0.706. The Morgan fingerprint density at radius 1 is 0.875 bits per heavy atom. The second kappa shape index (κ2) is 6.38. The van der Waals surface area contributed by atoms with Gasteiger partial charge in [-0.3, -0.25) is 0 Å². The molecule has 0 saturated carbocycles. The summed E-state index contributed by atoms with van der Waals surface area (Å²) in [6, 6.07) is 25.7. The van der Waals surface area contributed by atoms with Crippen LogP contribution >= 0.6 is 0 Å². The summed E-state index contributed by atoms with van der Waals surface area (Å²) >= 11 is 0. The zero-order valence-electron chi connectivity index (χ0n) is 12.9. The number of aliphatic imine (C=N–C) groups is 1. The van der Waals surface area contributed by atoms with Crippen LogP contribution in [-0.4, -0.2) is 16.0 Å². The zero-order valence-corrected chi connectivity index (χ0v) is 12.9. The van der Waals surface area contributed by atoms with Gasteiger partial charge in [-0.2, -0.15) is 5.10 Å². The molecule has 24 heavy (non-hydrogen) atoms. The lowest BCUT2D eigenvalue weighted by Gasteiger charge is -2.03. The third-order valence-corrected chi connectivity index (χ3v) is 3.63. The molecule has 0 aliphatic heterocycles. The fourth-order valence-electron chi connectivity index (χ4n) is 2.47. The molecule has 116 valence electrons. The van der Waals surface area contributed by atoms with Crippen molar-refractivity contribution in [2.45, 2.75) is 0 Å². The van der Waals surface area contributed by atoms with Gasteiger partial charge in [0.15, 0.2) is 5.82 Å². The fourth-order valence-corrected chi connectivity index (χ4v) is 2.47. The van der Waals surface area contributed by atoms with E-state index < -0.39 is 0 Å². The molecule has 0 bridgehead atoms. The van der Waals surface area contributed by atoms with Crippen molar-refractivity contribution in [3.8, 4) is 16.9 Å². The first-order valence-electron chi connectivity index (χ1n) is 7.69. The van der Waals surface area contributed by atoms with Gasteiger partial charge in [0.05, 0.1) is 23.9 Å². The van der Waals surface area contributed by atoms with Crippen LogP contribution in [0, 0.1) is 0 Å². The number of rotatable bonds is 4. The van der Waals surface area contributed by atoms with Crippen molar-refractivity contribution in [3.63, 3.8) is 0 Å². The number of aromatic nitrogens is 2. The molecule has 4 heteroatoms. The third kappa shape index (κ3) is 2.90. The number of hydrogen-bond acceptors (Lipinski definition) is 3. The summed E-state index contributed by atoms with van der Waals surface area (Å²) in [5.41, 5.74) is 2.90. The first-order chi connectivity index (χ1) is 11.9. The molecule has 0 amide bonds. The van der Waals surface area contributed by atoms with Crippen LogP contribution in [0.1, 0.15) is 5.76 Å². The fraction of sp³-hybridized carbons (Fsp3) is 0. The summed E-state index contributed by atoms with van der Waals surface area (Å²) in [5.74, 6) is 1.45. The molecule has 4 nitrogen and oxygen atoms in total. The lowest BCUT2D eigenvalue weighted by atomic mass is 10.2. The van der Waals surface area contributed by atoms with E-state index in [-0.39, 0.29) is 0 Å². The van der Waals surface area contributed by atoms with Crippen LogP contribution in [0.5, 0.6) is 0 Å². The van der Waals surface area contributed by atoms with Gasteiger partial charge < -0.3 is 4.42 Å². The number of hydrogen-bond donors (Lipinski definition) is 0. The van der Waals surface area contributed by atoms with Crippen molar-refractivity contribution in [1.82, 2.24) is 9.78 Å². The Kier molecular flexibility index (Phi) is 3.78.